The van der Waals surface area contributed by atoms with E-state index in [9.17, 15) is 0 Å². The first-order valence-corrected chi connectivity index (χ1v) is 5.32. The van der Waals surface area contributed by atoms with E-state index >= 15 is 0 Å². The van der Waals surface area contributed by atoms with Crippen molar-refractivity contribution >= 4 is 5.76 Å². The SMILES string of the molecule is C/C=C(\OC=C(C)CC)c1ccccc1. The Bertz CT molecular complexity index is 347. The van der Waals surface area contributed by atoms with Gasteiger partial charge in [-0.05, 0) is 31.9 Å². The summed E-state index contributed by atoms with van der Waals surface area (Å²) in [7, 11) is 0. The highest BCUT2D eigenvalue weighted by Gasteiger charge is 1.98. The van der Waals surface area contributed by atoms with Crippen LogP contribution in [0.5, 0.6) is 0 Å². The van der Waals surface area contributed by atoms with Crippen LogP contribution in [0.4, 0.5) is 0 Å². The summed E-state index contributed by atoms with van der Waals surface area (Å²) in [6.07, 6.45) is 4.82. The predicted molar refractivity (Wildman–Crippen MR) is 65.2 cm³/mol. The third-order valence-electron chi connectivity index (χ3n) is 2.27. The van der Waals surface area contributed by atoms with Gasteiger partial charge < -0.3 is 4.74 Å². The van der Waals surface area contributed by atoms with E-state index in [1.54, 1.807) is 0 Å². The fourth-order valence-electron chi connectivity index (χ4n) is 1.15. The van der Waals surface area contributed by atoms with Crippen molar-refractivity contribution in [1.82, 2.24) is 0 Å². The van der Waals surface area contributed by atoms with E-state index in [1.807, 2.05) is 49.6 Å². The Labute approximate surface area is 92.1 Å². The molecule has 1 rings (SSSR count). The Balaban J connectivity index is 2.75. The van der Waals surface area contributed by atoms with Crippen molar-refractivity contribution in [2.24, 2.45) is 0 Å². The molecule has 0 spiro atoms. The summed E-state index contributed by atoms with van der Waals surface area (Å²) in [6.45, 7) is 6.17. The Hall–Kier alpha value is -1.50. The molecule has 0 heterocycles. The monoisotopic (exact) mass is 202 g/mol. The van der Waals surface area contributed by atoms with Crippen molar-refractivity contribution in [3.05, 3.63) is 53.8 Å². The van der Waals surface area contributed by atoms with Gasteiger partial charge in [-0.15, -0.1) is 0 Å². The maximum Gasteiger partial charge on any atom is 0.129 e. The lowest BCUT2D eigenvalue weighted by atomic mass is 10.2. The minimum atomic E-state index is 0.906. The smallest absolute Gasteiger partial charge is 0.129 e. The van der Waals surface area contributed by atoms with Crippen LogP contribution in [0.3, 0.4) is 0 Å². The van der Waals surface area contributed by atoms with Crippen LogP contribution in [-0.2, 0) is 4.74 Å². The summed E-state index contributed by atoms with van der Waals surface area (Å²) >= 11 is 0. The number of rotatable bonds is 4. The molecule has 0 radical (unpaired) electrons. The average molecular weight is 202 g/mol. The van der Waals surface area contributed by atoms with Gasteiger partial charge in [-0.2, -0.15) is 0 Å². The van der Waals surface area contributed by atoms with E-state index in [4.69, 9.17) is 4.74 Å². The number of hydrogen-bond acceptors (Lipinski definition) is 1. The van der Waals surface area contributed by atoms with Gasteiger partial charge >= 0.3 is 0 Å². The zero-order valence-electron chi connectivity index (χ0n) is 9.66. The van der Waals surface area contributed by atoms with Crippen LogP contribution in [0.15, 0.2) is 48.2 Å². The molecule has 0 unspecified atom stereocenters. The lowest BCUT2D eigenvalue weighted by Crippen LogP contribution is -1.86. The standard InChI is InChI=1S/C14H18O/c1-4-12(3)11-15-14(5-2)13-9-7-6-8-10-13/h5-11H,4H2,1-3H3/b12-11?,14-5-. The molecule has 0 saturated carbocycles. The molecule has 0 aromatic heterocycles. The van der Waals surface area contributed by atoms with Gasteiger partial charge in [0.2, 0.25) is 0 Å². The largest absolute Gasteiger partial charge is 0.465 e. The predicted octanol–water partition coefficient (Wildman–Crippen LogP) is 4.38. The van der Waals surface area contributed by atoms with Gasteiger partial charge in [0.15, 0.2) is 0 Å². The highest BCUT2D eigenvalue weighted by Crippen LogP contribution is 2.16. The second kappa shape index (κ2) is 6.07. The molecule has 0 atom stereocenters. The zero-order valence-corrected chi connectivity index (χ0v) is 9.66. The van der Waals surface area contributed by atoms with Crippen LogP contribution < -0.4 is 0 Å². The molecule has 80 valence electrons. The highest BCUT2D eigenvalue weighted by atomic mass is 16.5. The van der Waals surface area contributed by atoms with Crippen LogP contribution in [0.2, 0.25) is 0 Å². The van der Waals surface area contributed by atoms with Crippen molar-refractivity contribution < 1.29 is 4.74 Å². The van der Waals surface area contributed by atoms with Gasteiger partial charge in [-0.3, -0.25) is 0 Å². The normalized spacial score (nSPS) is 12.7. The number of hydrogen-bond donors (Lipinski definition) is 0. The topological polar surface area (TPSA) is 9.23 Å². The van der Waals surface area contributed by atoms with Gasteiger partial charge in [0, 0.05) is 5.56 Å². The molecule has 0 N–H and O–H groups in total. The molecule has 0 fully saturated rings. The molecule has 0 aliphatic carbocycles. The van der Waals surface area contributed by atoms with Gasteiger partial charge in [0.1, 0.15) is 5.76 Å². The van der Waals surface area contributed by atoms with Crippen molar-refractivity contribution in [3.8, 4) is 0 Å². The van der Waals surface area contributed by atoms with E-state index in [-0.39, 0.29) is 0 Å². The Kier molecular flexibility index (Phi) is 4.69. The van der Waals surface area contributed by atoms with Crippen LogP contribution in [0.1, 0.15) is 32.8 Å². The van der Waals surface area contributed by atoms with Gasteiger partial charge in [0.05, 0.1) is 6.26 Å². The molecular formula is C14H18O. The quantitative estimate of drug-likeness (QED) is 0.658. The molecular weight excluding hydrogens is 184 g/mol. The minimum absolute atomic E-state index is 0.906. The molecule has 1 heteroatoms. The average Bonchev–Trinajstić information content (AvgIpc) is 2.31. The lowest BCUT2D eigenvalue weighted by Gasteiger charge is -2.06. The maximum absolute atomic E-state index is 5.63. The van der Waals surface area contributed by atoms with Gasteiger partial charge in [-0.25, -0.2) is 0 Å². The maximum atomic E-state index is 5.63. The van der Waals surface area contributed by atoms with Gasteiger partial charge in [0.25, 0.3) is 0 Å². The van der Waals surface area contributed by atoms with E-state index in [0.29, 0.717) is 0 Å². The first-order chi connectivity index (χ1) is 7.27. The third-order valence-corrected chi connectivity index (χ3v) is 2.27. The molecule has 1 nitrogen and oxygen atoms in total. The van der Waals surface area contributed by atoms with Crippen LogP contribution in [-0.4, -0.2) is 0 Å². The molecule has 0 amide bonds. The van der Waals surface area contributed by atoms with E-state index in [0.717, 1.165) is 17.7 Å². The summed E-state index contributed by atoms with van der Waals surface area (Å²) in [6, 6.07) is 10.1. The second-order valence-corrected chi connectivity index (χ2v) is 3.45. The molecule has 1 aromatic carbocycles. The van der Waals surface area contributed by atoms with Crippen LogP contribution >= 0.6 is 0 Å². The molecule has 0 aliphatic rings. The number of ether oxygens (including phenoxy) is 1. The first kappa shape index (κ1) is 11.6. The molecule has 15 heavy (non-hydrogen) atoms. The van der Waals surface area contributed by atoms with Crippen molar-refractivity contribution in [1.29, 1.82) is 0 Å². The molecule has 0 bridgehead atoms. The molecule has 1 aromatic rings. The zero-order chi connectivity index (χ0) is 11.1. The van der Waals surface area contributed by atoms with E-state index in [1.165, 1.54) is 5.57 Å². The summed E-state index contributed by atoms with van der Waals surface area (Å²) in [5.41, 5.74) is 2.35. The van der Waals surface area contributed by atoms with Crippen LogP contribution in [0, 0.1) is 0 Å². The van der Waals surface area contributed by atoms with Crippen LogP contribution in [0.25, 0.3) is 5.76 Å². The summed E-state index contributed by atoms with van der Waals surface area (Å²) < 4.78 is 5.63. The Morgan fingerprint density at radius 3 is 2.47 bits per heavy atom. The highest BCUT2D eigenvalue weighted by molar-refractivity contribution is 5.59. The molecule has 0 aliphatic heterocycles. The fourth-order valence-corrected chi connectivity index (χ4v) is 1.15. The Morgan fingerprint density at radius 1 is 1.27 bits per heavy atom. The second-order valence-electron chi connectivity index (χ2n) is 3.45. The van der Waals surface area contributed by atoms with Crippen molar-refractivity contribution in [2.45, 2.75) is 27.2 Å². The summed E-state index contributed by atoms with van der Waals surface area (Å²) in [5.74, 6) is 0.906. The Morgan fingerprint density at radius 2 is 1.93 bits per heavy atom. The summed E-state index contributed by atoms with van der Waals surface area (Å²) in [5, 5.41) is 0. The fraction of sp³-hybridized carbons (Fsp3) is 0.286. The van der Waals surface area contributed by atoms with E-state index in [2.05, 4.69) is 13.8 Å². The molecule has 0 saturated heterocycles. The number of allylic oxidation sites excluding steroid dienone is 2. The van der Waals surface area contributed by atoms with E-state index < -0.39 is 0 Å². The number of benzene rings is 1. The minimum Gasteiger partial charge on any atom is -0.465 e. The first-order valence-electron chi connectivity index (χ1n) is 5.32. The van der Waals surface area contributed by atoms with Crippen molar-refractivity contribution in [2.75, 3.05) is 0 Å². The third kappa shape index (κ3) is 3.62. The van der Waals surface area contributed by atoms with Crippen molar-refractivity contribution in [3.63, 3.8) is 0 Å². The summed E-state index contributed by atoms with van der Waals surface area (Å²) in [4.78, 5) is 0. The van der Waals surface area contributed by atoms with Gasteiger partial charge in [-0.1, -0.05) is 37.3 Å². The lowest BCUT2D eigenvalue weighted by molar-refractivity contribution is 0.429.